The minimum absolute atomic E-state index is 0.0601. The first-order chi connectivity index (χ1) is 20.0. The molecule has 9 nitrogen and oxygen atoms in total. The Bertz CT molecular complexity index is 1670. The summed E-state index contributed by atoms with van der Waals surface area (Å²) in [6.07, 6.45) is 5.54. The molecule has 0 spiro atoms. The van der Waals surface area contributed by atoms with Crippen LogP contribution in [0, 0.1) is 11.6 Å². The Morgan fingerprint density at radius 3 is 2.63 bits per heavy atom. The largest absolute Gasteiger partial charge is 0.480 e. The Morgan fingerprint density at radius 1 is 1.10 bits per heavy atom. The van der Waals surface area contributed by atoms with E-state index in [-0.39, 0.29) is 42.0 Å². The lowest BCUT2D eigenvalue weighted by Crippen LogP contribution is -2.32. The van der Waals surface area contributed by atoms with Crippen LogP contribution in [0.2, 0.25) is 0 Å². The normalized spacial score (nSPS) is 14.0. The van der Waals surface area contributed by atoms with Gasteiger partial charge in [0.15, 0.2) is 17.5 Å². The van der Waals surface area contributed by atoms with E-state index in [2.05, 4.69) is 25.5 Å². The van der Waals surface area contributed by atoms with Gasteiger partial charge in [0.2, 0.25) is 0 Å². The van der Waals surface area contributed by atoms with Crippen molar-refractivity contribution in [2.24, 2.45) is 0 Å². The van der Waals surface area contributed by atoms with Gasteiger partial charge in [-0.05, 0) is 36.0 Å². The molecule has 2 N–H and O–H groups in total. The van der Waals surface area contributed by atoms with Crippen LogP contribution in [-0.4, -0.2) is 42.0 Å². The van der Waals surface area contributed by atoms with Crippen molar-refractivity contribution in [3.05, 3.63) is 101 Å². The summed E-state index contributed by atoms with van der Waals surface area (Å²) in [6, 6.07) is 16.6. The zero-order valence-corrected chi connectivity index (χ0v) is 21.9. The van der Waals surface area contributed by atoms with Gasteiger partial charge in [0, 0.05) is 18.1 Å². The zero-order chi connectivity index (χ0) is 28.3. The molecule has 0 radical (unpaired) electrons. The predicted molar refractivity (Wildman–Crippen MR) is 146 cm³/mol. The van der Waals surface area contributed by atoms with Crippen molar-refractivity contribution in [3.63, 3.8) is 0 Å². The molecule has 2 aromatic carbocycles. The first kappa shape index (κ1) is 26.3. The molecule has 5 aromatic rings. The lowest BCUT2D eigenvalue weighted by atomic mass is 9.79. The number of anilines is 1. The van der Waals surface area contributed by atoms with Crippen LogP contribution in [0.15, 0.2) is 77.6 Å². The number of carboxylic acids is 1. The van der Waals surface area contributed by atoms with Crippen molar-refractivity contribution in [2.75, 3.05) is 5.32 Å². The quantitative estimate of drug-likeness (QED) is 0.225. The highest BCUT2D eigenvalue weighted by molar-refractivity contribution is 5.77. The predicted octanol–water partition coefficient (Wildman–Crippen LogP) is 5.70. The third-order valence-electron chi connectivity index (χ3n) is 7.32. The molecule has 1 atom stereocenters. The maximum absolute atomic E-state index is 15.5. The number of hydrogen-bond acceptors (Lipinski definition) is 7. The smallest absolute Gasteiger partial charge is 0.326 e. The van der Waals surface area contributed by atoms with E-state index < -0.39 is 17.8 Å². The molecule has 0 amide bonds. The molecule has 0 saturated heterocycles. The van der Waals surface area contributed by atoms with Gasteiger partial charge in [-0.3, -0.25) is 4.68 Å². The van der Waals surface area contributed by atoms with Crippen molar-refractivity contribution in [1.29, 1.82) is 0 Å². The number of nitrogens with one attached hydrogen (secondary N) is 1. The fourth-order valence-electron chi connectivity index (χ4n) is 4.92. The number of rotatable bonds is 10. The van der Waals surface area contributed by atoms with E-state index in [1.165, 1.54) is 6.26 Å². The highest BCUT2D eigenvalue weighted by Gasteiger charge is 2.25. The molecule has 3 heterocycles. The van der Waals surface area contributed by atoms with Crippen molar-refractivity contribution in [2.45, 2.75) is 44.2 Å². The first-order valence-electron chi connectivity index (χ1n) is 13.3. The minimum atomic E-state index is -1.16. The maximum atomic E-state index is 15.5. The average Bonchev–Trinajstić information content (AvgIpc) is 3.62. The van der Waals surface area contributed by atoms with Crippen molar-refractivity contribution in [1.82, 2.24) is 24.9 Å². The van der Waals surface area contributed by atoms with Crippen LogP contribution in [-0.2, 0) is 17.8 Å². The third-order valence-corrected chi connectivity index (χ3v) is 7.32. The van der Waals surface area contributed by atoms with Gasteiger partial charge in [-0.25, -0.2) is 23.5 Å². The molecule has 1 saturated carbocycles. The molecule has 6 rings (SSSR count). The summed E-state index contributed by atoms with van der Waals surface area (Å²) in [5.74, 6) is -2.19. The van der Waals surface area contributed by atoms with Gasteiger partial charge >= 0.3 is 5.97 Å². The molecule has 0 unspecified atom stereocenters. The summed E-state index contributed by atoms with van der Waals surface area (Å²) in [5, 5.41) is 21.1. The fraction of sp³-hybridized carbons (Fsp3) is 0.233. The van der Waals surface area contributed by atoms with Crippen LogP contribution in [0.25, 0.3) is 22.9 Å². The molecule has 0 aliphatic heterocycles. The number of carbonyl (C=O) groups is 1. The van der Waals surface area contributed by atoms with Crippen molar-refractivity contribution in [3.8, 4) is 22.9 Å². The number of benzene rings is 2. The standard InChI is InChI=1S/C30H26F2N6O3/c31-22-16-33-29(35-28(22)34-25(30(39)40)14-18-6-2-1-3-7-18)24-15-26(23-12-13-41-37-23)38(36-24)17-20-10-5-11-21(27(20)32)19-8-4-9-19/h1-3,5-7,10-13,15-16,19,25H,4,8-9,14,17H2,(H,39,40)(H,33,34,35)/t25-/m1/s1. The number of aromatic nitrogens is 5. The van der Waals surface area contributed by atoms with E-state index in [0.717, 1.165) is 31.0 Å². The Morgan fingerprint density at radius 2 is 1.93 bits per heavy atom. The second kappa shape index (κ2) is 11.3. The SMILES string of the molecule is O=C(O)[C@@H](Cc1ccccc1)Nc1nc(-c2cc(-c3ccon3)n(Cc3cccc(C4CCC4)c3F)n2)ncc1F. The van der Waals surface area contributed by atoms with Gasteiger partial charge in [-0.15, -0.1) is 0 Å². The summed E-state index contributed by atoms with van der Waals surface area (Å²) in [5.41, 5.74) is 3.22. The van der Waals surface area contributed by atoms with Crippen LogP contribution >= 0.6 is 0 Å². The molecule has 208 valence electrons. The second-order valence-corrected chi connectivity index (χ2v) is 10.0. The highest BCUT2D eigenvalue weighted by atomic mass is 19.1. The lowest BCUT2D eigenvalue weighted by molar-refractivity contribution is -0.137. The molecule has 1 aliphatic rings. The zero-order valence-electron chi connectivity index (χ0n) is 21.9. The average molecular weight is 557 g/mol. The fourth-order valence-corrected chi connectivity index (χ4v) is 4.92. The van der Waals surface area contributed by atoms with Crippen LogP contribution in [0.3, 0.4) is 0 Å². The van der Waals surface area contributed by atoms with Gasteiger partial charge in [0.25, 0.3) is 0 Å². The second-order valence-electron chi connectivity index (χ2n) is 10.0. The molecule has 11 heteroatoms. The maximum Gasteiger partial charge on any atom is 0.326 e. The lowest BCUT2D eigenvalue weighted by Gasteiger charge is -2.26. The number of carboxylic acid groups (broad SMARTS) is 1. The van der Waals surface area contributed by atoms with E-state index in [4.69, 9.17) is 4.52 Å². The van der Waals surface area contributed by atoms with E-state index in [0.29, 0.717) is 22.5 Å². The van der Waals surface area contributed by atoms with Gasteiger partial charge in [0.05, 0.1) is 18.4 Å². The summed E-state index contributed by atoms with van der Waals surface area (Å²) in [6.45, 7) is 0.110. The Balaban J connectivity index is 1.32. The third kappa shape index (κ3) is 5.56. The Hall–Kier alpha value is -4.93. The highest BCUT2D eigenvalue weighted by Crippen LogP contribution is 2.38. The molecule has 1 fully saturated rings. The van der Waals surface area contributed by atoms with Gasteiger partial charge in [-0.1, -0.05) is 60.1 Å². The van der Waals surface area contributed by atoms with Crippen LogP contribution in [0.4, 0.5) is 14.6 Å². The monoisotopic (exact) mass is 556 g/mol. The van der Waals surface area contributed by atoms with Crippen LogP contribution < -0.4 is 5.32 Å². The van der Waals surface area contributed by atoms with E-state index in [1.807, 2.05) is 18.2 Å². The van der Waals surface area contributed by atoms with Gasteiger partial charge < -0.3 is 14.9 Å². The van der Waals surface area contributed by atoms with Gasteiger partial charge in [-0.2, -0.15) is 5.10 Å². The molecule has 3 aromatic heterocycles. The minimum Gasteiger partial charge on any atom is -0.480 e. The van der Waals surface area contributed by atoms with Crippen molar-refractivity contribution >= 4 is 11.8 Å². The number of nitrogens with zero attached hydrogens (tertiary/aromatic N) is 5. The van der Waals surface area contributed by atoms with Gasteiger partial charge in [0.1, 0.15) is 29.5 Å². The summed E-state index contributed by atoms with van der Waals surface area (Å²) < 4.78 is 36.8. The molecular weight excluding hydrogens is 530 g/mol. The Kier molecular flexibility index (Phi) is 7.24. The summed E-state index contributed by atoms with van der Waals surface area (Å²) >= 11 is 0. The first-order valence-corrected chi connectivity index (χ1v) is 13.3. The molecule has 1 aliphatic carbocycles. The van der Waals surface area contributed by atoms with E-state index in [1.54, 1.807) is 47.1 Å². The topological polar surface area (TPSA) is 119 Å². The van der Waals surface area contributed by atoms with E-state index in [9.17, 15) is 14.3 Å². The number of hydrogen-bond donors (Lipinski definition) is 2. The number of aliphatic carboxylic acids is 1. The van der Waals surface area contributed by atoms with Crippen LogP contribution in [0.1, 0.15) is 41.9 Å². The van der Waals surface area contributed by atoms with E-state index >= 15 is 4.39 Å². The molecule has 41 heavy (non-hydrogen) atoms. The summed E-state index contributed by atoms with van der Waals surface area (Å²) in [7, 11) is 0. The van der Waals surface area contributed by atoms with Crippen LogP contribution in [0.5, 0.6) is 0 Å². The van der Waals surface area contributed by atoms with Crippen molar-refractivity contribution < 1.29 is 23.2 Å². The Labute approximate surface area is 233 Å². The molecule has 0 bridgehead atoms. The molecular formula is C30H26F2N6O3. The number of halogens is 2. The summed E-state index contributed by atoms with van der Waals surface area (Å²) in [4.78, 5) is 20.3.